The van der Waals surface area contributed by atoms with Gasteiger partial charge in [-0.3, -0.25) is 0 Å². The van der Waals surface area contributed by atoms with Gasteiger partial charge in [0.2, 0.25) is 0 Å². The molecular weight excluding hydrogens is 236 g/mol. The van der Waals surface area contributed by atoms with E-state index >= 15 is 0 Å². The first-order valence-corrected chi connectivity index (χ1v) is 6.55. The Balaban J connectivity index is 2.37. The number of rotatable bonds is 3. The van der Waals surface area contributed by atoms with Crippen LogP contribution in [-0.2, 0) is 0 Å². The first-order chi connectivity index (χ1) is 9.00. The molecule has 0 radical (unpaired) electrons. The number of benzene rings is 1. The quantitative estimate of drug-likeness (QED) is 0.818. The Morgan fingerprint density at radius 3 is 2.74 bits per heavy atom. The maximum absolute atomic E-state index is 14.2. The number of nitrogens with one attached hydrogen (secondary N) is 1. The molecule has 1 aromatic carbocycles. The molecule has 0 saturated carbocycles. The van der Waals surface area contributed by atoms with Crippen LogP contribution in [-0.4, -0.2) is 26.0 Å². The predicted molar refractivity (Wildman–Crippen MR) is 82.6 cm³/mol. The van der Waals surface area contributed by atoms with Gasteiger partial charge in [0.15, 0.2) is 0 Å². The third kappa shape index (κ3) is 2.92. The van der Waals surface area contributed by atoms with Crippen LogP contribution in [0.3, 0.4) is 0 Å². The molecule has 0 saturated heterocycles. The van der Waals surface area contributed by atoms with Gasteiger partial charge in [-0.15, -0.1) is 0 Å². The average Bonchev–Trinajstić information content (AvgIpc) is 2.38. The van der Waals surface area contributed by atoms with Crippen molar-refractivity contribution in [1.82, 2.24) is 5.32 Å². The molecule has 98 valence electrons. The van der Waals surface area contributed by atoms with Crippen molar-refractivity contribution in [3.8, 4) is 0 Å². The minimum atomic E-state index is -0.218. The summed E-state index contributed by atoms with van der Waals surface area (Å²) in [6.45, 7) is 9.58. The normalized spacial score (nSPS) is 15.5. The molecule has 2 rings (SSSR count). The van der Waals surface area contributed by atoms with Crippen LogP contribution in [0.1, 0.15) is 31.4 Å². The van der Waals surface area contributed by atoms with Crippen LogP contribution >= 0.6 is 0 Å². The summed E-state index contributed by atoms with van der Waals surface area (Å²) in [5, 5.41) is 3.31. The first-order valence-electron chi connectivity index (χ1n) is 6.55. The molecule has 1 N–H and O–H groups in total. The summed E-state index contributed by atoms with van der Waals surface area (Å²) in [7, 11) is 4.09. The van der Waals surface area contributed by atoms with Crippen molar-refractivity contribution >= 4 is 18.5 Å². The topological polar surface area (TPSA) is 12.0 Å². The van der Waals surface area contributed by atoms with Crippen LogP contribution in [0.15, 0.2) is 35.9 Å². The summed E-state index contributed by atoms with van der Waals surface area (Å²) < 4.78 is 14.2. The van der Waals surface area contributed by atoms with E-state index in [0.717, 1.165) is 36.1 Å². The van der Waals surface area contributed by atoms with Gasteiger partial charge in [-0.1, -0.05) is 0 Å². The number of halogens is 1. The summed E-state index contributed by atoms with van der Waals surface area (Å²) in [5.41, 5.74) is 5.55. The molecule has 19 heavy (non-hydrogen) atoms. The third-order valence-corrected chi connectivity index (χ3v) is 3.61. The Labute approximate surface area is 115 Å². The van der Waals surface area contributed by atoms with Gasteiger partial charge in [0.1, 0.15) is 0 Å². The minimum absolute atomic E-state index is 0.218. The van der Waals surface area contributed by atoms with Gasteiger partial charge >= 0.3 is 114 Å². The van der Waals surface area contributed by atoms with E-state index in [1.165, 1.54) is 11.1 Å². The van der Waals surface area contributed by atoms with E-state index in [9.17, 15) is 4.39 Å². The summed E-state index contributed by atoms with van der Waals surface area (Å²) in [5.74, 6) is -0.218. The predicted octanol–water partition coefficient (Wildman–Crippen LogP) is 2.59. The molecule has 0 unspecified atom stereocenters. The SMILES string of the molecule is B=C(C1=C(C)CNCC1)c1ccc(C(=C)C)cc1F. The second kappa shape index (κ2) is 5.66. The van der Waals surface area contributed by atoms with Gasteiger partial charge < -0.3 is 0 Å². The molecule has 0 aromatic heterocycles. The Morgan fingerprint density at radius 1 is 1.42 bits per heavy atom. The number of hydrogen-bond donors (Lipinski definition) is 1. The molecule has 1 aliphatic heterocycles. The van der Waals surface area contributed by atoms with Crippen LogP contribution < -0.4 is 5.32 Å². The van der Waals surface area contributed by atoms with Gasteiger partial charge in [-0.2, -0.15) is 0 Å². The third-order valence-electron chi connectivity index (χ3n) is 3.61. The van der Waals surface area contributed by atoms with E-state index in [2.05, 4.69) is 26.3 Å². The molecule has 0 amide bonds. The summed E-state index contributed by atoms with van der Waals surface area (Å²) in [4.78, 5) is 0. The molecule has 1 aliphatic rings. The van der Waals surface area contributed by atoms with Crippen LogP contribution in [0, 0.1) is 5.82 Å². The second-order valence-electron chi connectivity index (χ2n) is 5.14. The Kier molecular flexibility index (Phi) is 4.15. The monoisotopic (exact) mass is 255 g/mol. The summed E-state index contributed by atoms with van der Waals surface area (Å²) in [6, 6.07) is 5.26. The van der Waals surface area contributed by atoms with E-state index in [-0.39, 0.29) is 5.82 Å². The van der Waals surface area contributed by atoms with E-state index in [1.54, 1.807) is 6.07 Å². The molecule has 3 heteroatoms. The van der Waals surface area contributed by atoms with Crippen molar-refractivity contribution in [2.24, 2.45) is 0 Å². The van der Waals surface area contributed by atoms with Gasteiger partial charge in [0.25, 0.3) is 0 Å². The van der Waals surface area contributed by atoms with E-state index in [0.29, 0.717) is 5.56 Å². The molecule has 1 aromatic rings. The molecular formula is C16H19BFN. The summed E-state index contributed by atoms with van der Waals surface area (Å²) in [6.07, 6.45) is 0.909. The molecule has 1 heterocycles. The maximum atomic E-state index is 14.2. The van der Waals surface area contributed by atoms with Gasteiger partial charge in [-0.05, 0) is 0 Å². The Morgan fingerprint density at radius 2 is 2.16 bits per heavy atom. The van der Waals surface area contributed by atoms with E-state index < -0.39 is 0 Å². The van der Waals surface area contributed by atoms with Gasteiger partial charge in [0, 0.05) is 0 Å². The molecule has 1 nitrogen and oxygen atoms in total. The first kappa shape index (κ1) is 13.9. The van der Waals surface area contributed by atoms with Crippen molar-refractivity contribution in [3.05, 3.63) is 52.9 Å². The fourth-order valence-electron chi connectivity index (χ4n) is 2.41. The van der Waals surface area contributed by atoms with Crippen LogP contribution in [0.2, 0.25) is 0 Å². The van der Waals surface area contributed by atoms with Crippen molar-refractivity contribution in [2.45, 2.75) is 20.3 Å². The van der Waals surface area contributed by atoms with Crippen LogP contribution in [0.5, 0.6) is 0 Å². The van der Waals surface area contributed by atoms with E-state index in [4.69, 9.17) is 0 Å². The molecule has 0 aliphatic carbocycles. The zero-order valence-corrected chi connectivity index (χ0v) is 11.6. The van der Waals surface area contributed by atoms with E-state index in [1.807, 2.05) is 19.1 Å². The van der Waals surface area contributed by atoms with Crippen molar-refractivity contribution in [3.63, 3.8) is 0 Å². The fraction of sp³-hybridized carbons (Fsp3) is 0.312. The average molecular weight is 255 g/mol. The van der Waals surface area contributed by atoms with Crippen molar-refractivity contribution < 1.29 is 4.39 Å². The molecule has 0 spiro atoms. The van der Waals surface area contributed by atoms with Gasteiger partial charge in [0.05, 0.1) is 0 Å². The summed E-state index contributed by atoms with van der Waals surface area (Å²) >= 11 is 0. The van der Waals surface area contributed by atoms with Crippen molar-refractivity contribution in [2.75, 3.05) is 13.1 Å². The Hall–Kier alpha value is -1.48. The number of allylic oxidation sites excluding steroid dienone is 1. The van der Waals surface area contributed by atoms with Crippen molar-refractivity contribution in [1.29, 1.82) is 0 Å². The molecule has 0 fully saturated rings. The fourth-order valence-corrected chi connectivity index (χ4v) is 2.41. The molecule has 0 atom stereocenters. The standard InChI is InChI=1S/C16H19BFN/c1-10(2)12-4-5-14(15(18)8-12)16(17)13-6-7-19-9-11(13)3/h4-5,8,17,19H,1,6-7,9H2,2-3H3. The van der Waals surface area contributed by atoms with Gasteiger partial charge in [-0.25, -0.2) is 0 Å². The second-order valence-corrected chi connectivity index (χ2v) is 5.14. The Bertz CT molecular complexity index is 572. The zero-order chi connectivity index (χ0) is 14.0. The van der Waals surface area contributed by atoms with Crippen LogP contribution in [0.4, 0.5) is 4.39 Å². The van der Waals surface area contributed by atoms with Crippen LogP contribution in [0.25, 0.3) is 5.57 Å². The molecule has 0 bridgehead atoms. The zero-order valence-electron chi connectivity index (χ0n) is 11.6. The number of hydrogen-bond acceptors (Lipinski definition) is 1.